The molecule has 0 bridgehead atoms. The molecule has 1 atom stereocenters. The van der Waals surface area contributed by atoms with Crippen LogP contribution in [0.15, 0.2) is 59.2 Å². The van der Waals surface area contributed by atoms with E-state index < -0.39 is 24.2 Å². The van der Waals surface area contributed by atoms with Gasteiger partial charge in [0.1, 0.15) is 17.0 Å². The molecule has 13 heteroatoms. The lowest BCUT2D eigenvalue weighted by Gasteiger charge is -2.27. The summed E-state index contributed by atoms with van der Waals surface area (Å²) in [6.45, 7) is 5.37. The van der Waals surface area contributed by atoms with Crippen molar-refractivity contribution in [3.63, 3.8) is 0 Å². The van der Waals surface area contributed by atoms with Gasteiger partial charge in [0, 0.05) is 17.8 Å². The van der Waals surface area contributed by atoms with Crippen LogP contribution >= 0.6 is 0 Å². The topological polar surface area (TPSA) is 123 Å². The number of ether oxygens (including phenoxy) is 2. The number of pyridine rings is 1. The lowest BCUT2D eigenvalue weighted by molar-refractivity contribution is -0.154. The van der Waals surface area contributed by atoms with E-state index in [1.54, 1.807) is 32.1 Å². The maximum atomic E-state index is 12.5. The van der Waals surface area contributed by atoms with Crippen LogP contribution in [0.25, 0.3) is 0 Å². The van der Waals surface area contributed by atoms with Crippen molar-refractivity contribution >= 4 is 23.5 Å². The van der Waals surface area contributed by atoms with Gasteiger partial charge in [-0.15, -0.1) is 5.10 Å². The standard InChI is InChI=1S/C20H18F3N7O3/c1-4-27-30-18-29-19(3,8-12(2)33-18)15-7-13(5-6-24-15)28-17(31)14-9-26-16(10-25-14)32-11-20(21,22)23/h5-10H,1,11H2,2-3H3,(H,29,30)(H,24,28,31)/t19-/m0/s1. The summed E-state index contributed by atoms with van der Waals surface area (Å²) in [7, 11) is 0. The highest BCUT2D eigenvalue weighted by atomic mass is 19.4. The van der Waals surface area contributed by atoms with Gasteiger partial charge in [0.05, 0.1) is 18.1 Å². The number of hydrogen-bond acceptors (Lipinski definition) is 9. The van der Waals surface area contributed by atoms with Crippen LogP contribution in [0.1, 0.15) is 30.0 Å². The van der Waals surface area contributed by atoms with Crippen molar-refractivity contribution in [2.24, 2.45) is 10.1 Å². The molecule has 0 aliphatic carbocycles. The minimum Gasteiger partial charge on any atom is -0.467 e. The van der Waals surface area contributed by atoms with E-state index >= 15 is 0 Å². The van der Waals surface area contributed by atoms with Gasteiger partial charge in [0.2, 0.25) is 5.88 Å². The van der Waals surface area contributed by atoms with Gasteiger partial charge in [-0.05, 0) is 38.6 Å². The summed E-state index contributed by atoms with van der Waals surface area (Å²) in [6, 6.07) is 3.28. The summed E-state index contributed by atoms with van der Waals surface area (Å²) in [4.78, 5) is 28.7. The summed E-state index contributed by atoms with van der Waals surface area (Å²) in [5.41, 5.74) is 2.40. The Hall–Kier alpha value is -4.25. The SMILES string of the molecule is C=C=NNC1=N[C@](C)(c2cc(NC(=O)c3cnc(OCC(F)(F)F)cn3)ccn2)C=C(C)O1. The number of carbonyl (C=O) groups excluding carboxylic acids is 1. The van der Waals surface area contributed by atoms with Crippen molar-refractivity contribution in [3.8, 4) is 5.88 Å². The molecule has 33 heavy (non-hydrogen) atoms. The number of amidine groups is 1. The van der Waals surface area contributed by atoms with Crippen LogP contribution in [-0.2, 0) is 10.3 Å². The second-order valence-corrected chi connectivity index (χ2v) is 6.83. The van der Waals surface area contributed by atoms with Crippen LogP contribution in [-0.4, -0.2) is 45.5 Å². The molecular formula is C20H18F3N7O3. The third kappa shape index (κ3) is 6.37. The summed E-state index contributed by atoms with van der Waals surface area (Å²) >= 11 is 0. The van der Waals surface area contributed by atoms with Gasteiger partial charge in [-0.2, -0.15) is 13.2 Å². The zero-order valence-electron chi connectivity index (χ0n) is 17.5. The first-order valence-corrected chi connectivity index (χ1v) is 9.32. The number of nitrogens with zero attached hydrogens (tertiary/aromatic N) is 5. The molecule has 0 unspecified atom stereocenters. The van der Waals surface area contributed by atoms with Crippen molar-refractivity contribution in [1.82, 2.24) is 20.4 Å². The molecule has 0 radical (unpaired) electrons. The van der Waals surface area contributed by atoms with Crippen LogP contribution in [0.5, 0.6) is 5.88 Å². The predicted octanol–water partition coefficient (Wildman–Crippen LogP) is 2.93. The normalized spacial score (nSPS) is 17.6. The van der Waals surface area contributed by atoms with Gasteiger partial charge in [-0.1, -0.05) is 0 Å². The lowest BCUT2D eigenvalue weighted by atomic mass is 9.96. The number of anilines is 1. The molecular weight excluding hydrogens is 443 g/mol. The molecule has 3 rings (SSSR count). The Kier molecular flexibility index (Phi) is 6.73. The van der Waals surface area contributed by atoms with E-state index in [0.717, 1.165) is 12.4 Å². The van der Waals surface area contributed by atoms with Gasteiger partial charge in [-0.3, -0.25) is 9.78 Å². The van der Waals surface area contributed by atoms with E-state index in [4.69, 9.17) is 4.74 Å². The highest BCUT2D eigenvalue weighted by Crippen LogP contribution is 2.31. The molecule has 2 aromatic heterocycles. The Labute approximate surface area is 186 Å². The average molecular weight is 461 g/mol. The molecule has 3 heterocycles. The molecule has 2 N–H and O–H groups in total. The Morgan fingerprint density at radius 2 is 2.12 bits per heavy atom. The molecule has 0 saturated carbocycles. The summed E-state index contributed by atoms with van der Waals surface area (Å²) in [5, 5.41) is 6.29. The van der Waals surface area contributed by atoms with Gasteiger partial charge >= 0.3 is 12.2 Å². The van der Waals surface area contributed by atoms with E-state index in [0.29, 0.717) is 17.1 Å². The highest BCUT2D eigenvalue weighted by Gasteiger charge is 2.31. The molecule has 0 fully saturated rings. The van der Waals surface area contributed by atoms with Crippen LogP contribution in [0.3, 0.4) is 0 Å². The number of hydrogen-bond donors (Lipinski definition) is 2. The molecule has 0 spiro atoms. The van der Waals surface area contributed by atoms with Crippen molar-refractivity contribution in [2.75, 3.05) is 11.9 Å². The van der Waals surface area contributed by atoms with Gasteiger partial charge in [0.15, 0.2) is 6.61 Å². The van der Waals surface area contributed by atoms with Crippen molar-refractivity contribution in [1.29, 1.82) is 0 Å². The van der Waals surface area contributed by atoms with Gasteiger partial charge in [-0.25, -0.2) is 20.4 Å². The molecule has 10 nitrogen and oxygen atoms in total. The summed E-state index contributed by atoms with van der Waals surface area (Å²) < 4.78 is 46.6. The van der Waals surface area contributed by atoms with E-state index in [-0.39, 0.29) is 17.6 Å². The Morgan fingerprint density at radius 3 is 2.79 bits per heavy atom. The molecule has 0 saturated heterocycles. The average Bonchev–Trinajstić information content (AvgIpc) is 2.76. The predicted molar refractivity (Wildman–Crippen MR) is 112 cm³/mol. The minimum absolute atomic E-state index is 0.118. The first kappa shape index (κ1) is 23.4. The zero-order valence-corrected chi connectivity index (χ0v) is 17.5. The largest absolute Gasteiger partial charge is 0.467 e. The number of amides is 1. The smallest absolute Gasteiger partial charge is 0.422 e. The fraction of sp³-hybridized carbons (Fsp3) is 0.250. The molecule has 1 aliphatic heterocycles. The number of carbonyl (C=O) groups is 1. The number of hydrazone groups is 1. The van der Waals surface area contributed by atoms with Crippen molar-refractivity contribution < 1.29 is 27.4 Å². The third-order valence-electron chi connectivity index (χ3n) is 4.09. The van der Waals surface area contributed by atoms with E-state index in [1.165, 1.54) is 6.20 Å². The molecule has 1 aliphatic rings. The maximum Gasteiger partial charge on any atom is 0.422 e. The number of aliphatic imine (C=N–C) groups is 1. The number of aromatic nitrogens is 3. The Morgan fingerprint density at radius 1 is 1.33 bits per heavy atom. The lowest BCUT2D eigenvalue weighted by Crippen LogP contribution is -2.31. The summed E-state index contributed by atoms with van der Waals surface area (Å²) in [5.74, 6) is 1.88. The molecule has 2 aromatic rings. The monoisotopic (exact) mass is 461 g/mol. The van der Waals surface area contributed by atoms with Crippen LogP contribution in [0.2, 0.25) is 0 Å². The minimum atomic E-state index is -4.51. The van der Waals surface area contributed by atoms with Crippen LogP contribution in [0, 0.1) is 0 Å². The number of alkyl halides is 3. The van der Waals surface area contributed by atoms with Crippen molar-refractivity contribution in [2.45, 2.75) is 25.6 Å². The fourth-order valence-electron chi connectivity index (χ4n) is 2.75. The first-order valence-electron chi connectivity index (χ1n) is 9.32. The van der Waals surface area contributed by atoms with E-state index in [1.807, 2.05) is 0 Å². The number of nitrogens with one attached hydrogen (secondary N) is 2. The molecule has 0 aromatic carbocycles. The van der Waals surface area contributed by atoms with Gasteiger partial charge < -0.3 is 14.8 Å². The third-order valence-corrected chi connectivity index (χ3v) is 4.09. The maximum absolute atomic E-state index is 12.5. The highest BCUT2D eigenvalue weighted by molar-refractivity contribution is 6.02. The van der Waals surface area contributed by atoms with Crippen molar-refractivity contribution in [3.05, 3.63) is 60.5 Å². The van der Waals surface area contributed by atoms with Crippen LogP contribution in [0.4, 0.5) is 18.9 Å². The first-order chi connectivity index (χ1) is 15.6. The van der Waals surface area contributed by atoms with Gasteiger partial charge in [0.25, 0.3) is 5.91 Å². The molecule has 172 valence electrons. The summed E-state index contributed by atoms with van der Waals surface area (Å²) in [6.07, 6.45) is 0.668. The number of rotatable bonds is 6. The second kappa shape index (κ2) is 9.49. The molecule has 1 amide bonds. The van der Waals surface area contributed by atoms with E-state index in [2.05, 4.69) is 53.0 Å². The Bertz CT molecular complexity index is 1140. The zero-order chi connectivity index (χ0) is 24.1. The Balaban J connectivity index is 1.74. The van der Waals surface area contributed by atoms with Crippen LogP contribution < -0.4 is 15.5 Å². The van der Waals surface area contributed by atoms with E-state index in [9.17, 15) is 18.0 Å². The quantitative estimate of drug-likeness (QED) is 0.501. The number of halogens is 3. The number of allylic oxidation sites excluding steroid dienone is 1. The second-order valence-electron chi connectivity index (χ2n) is 6.83. The fourth-order valence-corrected chi connectivity index (χ4v) is 2.75.